The van der Waals surface area contributed by atoms with Crippen molar-refractivity contribution in [1.29, 1.82) is 0 Å². The molecular weight excluding hydrogens is 935 g/mol. The number of aliphatic hydroxyl groups is 1. The van der Waals surface area contributed by atoms with Crippen LogP contribution in [-0.2, 0) is 27.3 Å². The van der Waals surface area contributed by atoms with Gasteiger partial charge in [0.1, 0.15) is 34.6 Å². The van der Waals surface area contributed by atoms with Gasteiger partial charge in [-0.25, -0.2) is 8.78 Å². The Morgan fingerprint density at radius 1 is 0.863 bits per heavy atom. The number of piperidine rings is 3. The van der Waals surface area contributed by atoms with Crippen molar-refractivity contribution in [1.82, 2.24) is 30.1 Å². The van der Waals surface area contributed by atoms with Gasteiger partial charge in [0.05, 0.1) is 29.8 Å². The topological polar surface area (TPSA) is 174 Å². The fourth-order valence-electron chi connectivity index (χ4n) is 13.0. The molecule has 0 bridgehead atoms. The molecule has 3 amide bonds. The number of phenols is 1. The third-order valence-corrected chi connectivity index (χ3v) is 17.2. The summed E-state index contributed by atoms with van der Waals surface area (Å²) in [6.07, 6.45) is 12.6. The average molecular weight is 999 g/mol. The predicted molar refractivity (Wildman–Crippen MR) is 270 cm³/mol. The third-order valence-electron chi connectivity index (χ3n) is 17.2. The number of ether oxygens (including phenoxy) is 2. The van der Waals surface area contributed by atoms with Gasteiger partial charge in [0.15, 0.2) is 5.82 Å². The van der Waals surface area contributed by atoms with Crippen LogP contribution in [0.15, 0.2) is 48.7 Å². The van der Waals surface area contributed by atoms with E-state index in [9.17, 15) is 24.6 Å². The number of imide groups is 1. The molecule has 12 rings (SSSR count). The minimum atomic E-state index is -0.969. The number of hydrogen-bond acceptors (Lipinski definition) is 13. The number of benzene rings is 3. The number of hydrogen-bond donors (Lipinski definition) is 3. The minimum Gasteiger partial charge on any atom is -0.508 e. The third kappa shape index (κ3) is 9.13. The van der Waals surface area contributed by atoms with E-state index in [-0.39, 0.29) is 69.8 Å². The number of anilines is 2. The molecule has 1 unspecified atom stereocenters. The van der Waals surface area contributed by atoms with Crippen LogP contribution >= 0.6 is 0 Å². The molecule has 3 N–H and O–H groups in total. The molecule has 2 aromatic heterocycles. The lowest BCUT2D eigenvalue weighted by atomic mass is 9.67. The van der Waals surface area contributed by atoms with Crippen molar-refractivity contribution in [2.45, 2.75) is 128 Å². The van der Waals surface area contributed by atoms with Gasteiger partial charge in [-0.15, -0.1) is 0 Å². The van der Waals surface area contributed by atoms with Gasteiger partial charge in [-0.1, -0.05) is 13.0 Å². The number of carbonyl (C=O) groups excluding carboxylic acids is 3. The minimum absolute atomic E-state index is 0.00768. The van der Waals surface area contributed by atoms with E-state index >= 15 is 8.78 Å². The fourth-order valence-corrected chi connectivity index (χ4v) is 13.0. The summed E-state index contributed by atoms with van der Waals surface area (Å²) in [4.78, 5) is 60.1. The zero-order valence-electron chi connectivity index (χ0n) is 41.7. The molecule has 17 heteroatoms. The highest BCUT2D eigenvalue weighted by atomic mass is 19.1. The van der Waals surface area contributed by atoms with Crippen LogP contribution in [0.2, 0.25) is 0 Å². The zero-order valence-corrected chi connectivity index (χ0v) is 41.7. The van der Waals surface area contributed by atoms with Crippen LogP contribution in [0.3, 0.4) is 0 Å². The van der Waals surface area contributed by atoms with Crippen LogP contribution in [0, 0.1) is 22.5 Å². The Morgan fingerprint density at radius 3 is 2.38 bits per heavy atom. The first-order valence-corrected chi connectivity index (χ1v) is 26.5. The molecule has 7 heterocycles. The second kappa shape index (κ2) is 18.4. The first kappa shape index (κ1) is 47.9. The van der Waals surface area contributed by atoms with E-state index in [0.717, 1.165) is 102 Å². The molecule has 2 saturated carbocycles. The molecule has 384 valence electrons. The van der Waals surface area contributed by atoms with Crippen molar-refractivity contribution in [2.24, 2.45) is 10.8 Å². The second-order valence-corrected chi connectivity index (χ2v) is 22.7. The second-order valence-electron chi connectivity index (χ2n) is 22.7. The van der Waals surface area contributed by atoms with E-state index in [1.54, 1.807) is 17.9 Å². The van der Waals surface area contributed by atoms with Gasteiger partial charge in [0.25, 0.3) is 5.91 Å². The van der Waals surface area contributed by atoms with Gasteiger partial charge in [-0.2, -0.15) is 9.97 Å². The SMILES string of the molecule is CCc1c(F)ccc2cc(O)cc(-c3ncc4c(N5CCC[C@@](C)(O)C5)nc(OCC5(CN6CCC(OC7CCC8(CC7)CN(c7ccc9c(c7)CN(C7CCC(=O)NC7=O)C9=O)C8)CC6)CC5)nc4c3F)c12. The van der Waals surface area contributed by atoms with Crippen LogP contribution in [0.1, 0.15) is 112 Å². The normalized spacial score (nSPS) is 24.4. The zero-order chi connectivity index (χ0) is 50.4. The number of aromatic nitrogens is 3. The molecule has 3 aromatic carbocycles. The Kier molecular flexibility index (Phi) is 12.1. The molecule has 2 atom stereocenters. The Morgan fingerprint density at radius 2 is 1.64 bits per heavy atom. The number of phenolic OH excluding ortho intramolecular Hbond substituents is 1. The molecular formula is C56H64F2N8O7. The maximum absolute atomic E-state index is 17.1. The lowest BCUT2D eigenvalue weighted by Crippen LogP contribution is -2.58. The number of rotatable bonds is 12. The van der Waals surface area contributed by atoms with E-state index in [1.165, 1.54) is 24.4 Å². The van der Waals surface area contributed by atoms with E-state index in [4.69, 9.17) is 19.4 Å². The lowest BCUT2D eigenvalue weighted by Gasteiger charge is -2.54. The summed E-state index contributed by atoms with van der Waals surface area (Å²) < 4.78 is 45.6. The van der Waals surface area contributed by atoms with Gasteiger partial charge in [-0.05, 0) is 142 Å². The standard InChI is InChI=1S/C56H64F2N8O7/c1-3-39-43(57)8-5-33-24-36(67)25-41(46(33)39)48-47(58)49-42(26-59-48)50(64-20-4-15-54(2,71)28-64)62-53(61-49)72-32-56(18-19-56)29-63-21-13-38(14-22-63)73-37-11-16-55(17-12-37)30-65(31-55)35-6-7-40-34(23-35)27-66(52(40)70)44-9-10-45(68)60-51(44)69/h5-8,23-26,37-38,44,67,71H,3-4,9-22,27-32H2,1-2H3,(H,60,68,69)/t44?,54-/m1/s1. The monoisotopic (exact) mass is 998 g/mol. The van der Waals surface area contributed by atoms with Crippen molar-refractivity contribution in [3.8, 4) is 23.0 Å². The van der Waals surface area contributed by atoms with Crippen LogP contribution < -0.4 is 19.9 Å². The summed E-state index contributed by atoms with van der Waals surface area (Å²) in [6.45, 7) is 10.0. The number of fused-ring (bicyclic) bond motifs is 3. The molecule has 73 heavy (non-hydrogen) atoms. The van der Waals surface area contributed by atoms with Crippen LogP contribution in [0.4, 0.5) is 20.3 Å². The number of β-amino-alcohol motifs (C(OH)–C–C–N with tert-alkyl or cyclic N) is 1. The largest absolute Gasteiger partial charge is 0.508 e. The number of aryl methyl sites for hydroxylation is 1. The quantitative estimate of drug-likeness (QED) is 0.105. The Labute approximate surface area is 423 Å². The molecule has 6 fully saturated rings. The number of halogens is 2. The van der Waals surface area contributed by atoms with E-state index in [2.05, 4.69) is 26.2 Å². The number of amides is 3. The summed E-state index contributed by atoms with van der Waals surface area (Å²) in [5.41, 5.74) is 2.55. The Bertz CT molecular complexity index is 3030. The highest BCUT2D eigenvalue weighted by Crippen LogP contribution is 2.49. The van der Waals surface area contributed by atoms with E-state index in [0.29, 0.717) is 78.6 Å². The molecule has 1 spiro atoms. The van der Waals surface area contributed by atoms with Gasteiger partial charge in [0, 0.05) is 92.6 Å². The summed E-state index contributed by atoms with van der Waals surface area (Å²) in [6, 6.07) is 11.4. The first-order chi connectivity index (χ1) is 35.1. The van der Waals surface area contributed by atoms with Crippen molar-refractivity contribution in [3.05, 3.63) is 77.0 Å². The summed E-state index contributed by atoms with van der Waals surface area (Å²) >= 11 is 0. The Balaban J connectivity index is 0.659. The predicted octanol–water partition coefficient (Wildman–Crippen LogP) is 7.59. The number of aromatic hydroxyl groups is 1. The van der Waals surface area contributed by atoms with Crippen LogP contribution in [-0.4, -0.2) is 129 Å². The number of nitrogens with one attached hydrogen (secondary N) is 1. The average Bonchev–Trinajstić information content (AvgIpc) is 4.05. The van der Waals surface area contributed by atoms with Gasteiger partial charge in [-0.3, -0.25) is 24.7 Å². The van der Waals surface area contributed by atoms with Crippen molar-refractivity contribution in [3.63, 3.8) is 0 Å². The smallest absolute Gasteiger partial charge is 0.319 e. The van der Waals surface area contributed by atoms with Gasteiger partial charge in [0.2, 0.25) is 11.8 Å². The molecule has 4 saturated heterocycles. The lowest BCUT2D eigenvalue weighted by molar-refractivity contribution is -0.136. The fraction of sp³-hybridized carbons (Fsp3) is 0.536. The van der Waals surface area contributed by atoms with Crippen molar-refractivity contribution < 1.29 is 42.9 Å². The van der Waals surface area contributed by atoms with Crippen molar-refractivity contribution >= 4 is 50.9 Å². The number of nitrogens with zero attached hydrogens (tertiary/aromatic N) is 7. The Hall–Kier alpha value is -6.04. The van der Waals surface area contributed by atoms with E-state index < -0.39 is 29.2 Å². The maximum atomic E-state index is 17.1. The molecule has 5 aromatic rings. The van der Waals surface area contributed by atoms with Crippen LogP contribution in [0.5, 0.6) is 11.8 Å². The first-order valence-electron chi connectivity index (χ1n) is 26.5. The highest BCUT2D eigenvalue weighted by molar-refractivity contribution is 6.06. The number of carbonyl (C=O) groups is 3. The molecule has 5 aliphatic heterocycles. The summed E-state index contributed by atoms with van der Waals surface area (Å²) in [5.74, 6) is -1.62. The highest BCUT2D eigenvalue weighted by Gasteiger charge is 2.48. The summed E-state index contributed by atoms with van der Waals surface area (Å²) in [5, 5.41) is 25.7. The molecule has 0 radical (unpaired) electrons. The van der Waals surface area contributed by atoms with Crippen molar-refractivity contribution in [2.75, 3.05) is 62.2 Å². The number of likely N-dealkylation sites (tertiary alicyclic amines) is 1. The molecule has 15 nitrogen and oxygen atoms in total. The number of pyridine rings is 1. The maximum Gasteiger partial charge on any atom is 0.319 e. The molecule has 2 aliphatic carbocycles. The van der Waals surface area contributed by atoms with E-state index in [1.807, 2.05) is 24.0 Å². The summed E-state index contributed by atoms with van der Waals surface area (Å²) in [7, 11) is 0. The van der Waals surface area contributed by atoms with Crippen LogP contribution in [0.25, 0.3) is 32.9 Å². The molecule has 7 aliphatic rings. The van der Waals surface area contributed by atoms with Gasteiger partial charge < -0.3 is 39.3 Å². The van der Waals surface area contributed by atoms with Gasteiger partial charge >= 0.3 is 6.01 Å².